The van der Waals surface area contributed by atoms with Crippen molar-refractivity contribution in [3.63, 3.8) is 0 Å². The molecule has 1 amide bonds. The van der Waals surface area contributed by atoms with Gasteiger partial charge in [0.25, 0.3) is 5.91 Å². The maximum atomic E-state index is 13.2. The lowest BCUT2D eigenvalue weighted by molar-refractivity contribution is -0.00930. The number of ether oxygens (including phenoxy) is 2. The van der Waals surface area contributed by atoms with Crippen LogP contribution in [-0.4, -0.2) is 35.6 Å². The number of fused-ring (bicyclic) bond motifs is 4. The van der Waals surface area contributed by atoms with E-state index in [4.69, 9.17) is 21.1 Å². The van der Waals surface area contributed by atoms with E-state index in [1.165, 1.54) is 0 Å². The zero-order valence-corrected chi connectivity index (χ0v) is 18.5. The third kappa shape index (κ3) is 3.28. The molecule has 5 nitrogen and oxygen atoms in total. The lowest BCUT2D eigenvalue weighted by Crippen LogP contribution is -2.50. The Morgan fingerprint density at radius 3 is 2.71 bits per heavy atom. The van der Waals surface area contributed by atoms with Gasteiger partial charge >= 0.3 is 0 Å². The summed E-state index contributed by atoms with van der Waals surface area (Å²) in [6, 6.07) is 15.6. The van der Waals surface area contributed by atoms with Gasteiger partial charge in [0.05, 0.1) is 18.5 Å². The molecule has 0 unspecified atom stereocenters. The van der Waals surface area contributed by atoms with E-state index < -0.39 is 5.60 Å². The molecule has 3 aromatic rings. The van der Waals surface area contributed by atoms with Gasteiger partial charge in [0.15, 0.2) is 5.60 Å². The van der Waals surface area contributed by atoms with Crippen molar-refractivity contribution in [1.82, 2.24) is 9.47 Å². The molecule has 0 bridgehead atoms. The maximum Gasteiger partial charge on any atom is 0.253 e. The Morgan fingerprint density at radius 1 is 1.16 bits per heavy atom. The van der Waals surface area contributed by atoms with Crippen molar-refractivity contribution >= 4 is 17.5 Å². The monoisotopic (exact) mass is 436 g/mol. The number of halogens is 1. The fourth-order valence-electron chi connectivity index (χ4n) is 4.78. The Balaban J connectivity index is 1.39. The predicted molar refractivity (Wildman–Crippen MR) is 121 cm³/mol. The third-order valence-electron chi connectivity index (χ3n) is 6.48. The molecular formula is C25H25ClN2O3. The van der Waals surface area contributed by atoms with Gasteiger partial charge in [-0.15, -0.1) is 0 Å². The summed E-state index contributed by atoms with van der Waals surface area (Å²) >= 11 is 6.23. The van der Waals surface area contributed by atoms with Crippen molar-refractivity contribution in [2.24, 2.45) is 0 Å². The minimum absolute atomic E-state index is 0.0328. The van der Waals surface area contributed by atoms with E-state index in [9.17, 15) is 4.79 Å². The number of hydrogen-bond donors (Lipinski definition) is 0. The summed E-state index contributed by atoms with van der Waals surface area (Å²) in [6.45, 7) is 3.32. The number of carbonyl (C=O) groups is 1. The Hall–Kier alpha value is -2.92. The van der Waals surface area contributed by atoms with Crippen LogP contribution in [0.15, 0.2) is 54.7 Å². The van der Waals surface area contributed by atoms with Crippen LogP contribution in [0.1, 0.15) is 41.4 Å². The molecule has 0 atom stereocenters. The van der Waals surface area contributed by atoms with Crippen molar-refractivity contribution in [3.8, 4) is 17.2 Å². The molecule has 5 rings (SSSR count). The highest BCUT2D eigenvalue weighted by Gasteiger charge is 2.44. The SMILES string of the molecule is CCc1ccc(C(=O)N2CCC3(CC2)Oc2cc(Cl)ccc2-n2cccc23)cc1OC. The standard InChI is InChI=1S/C25H25ClN2O3/c1-3-17-6-7-18(15-21(17)30-2)24(29)27-13-10-25(11-14-27)23-5-4-12-28(23)20-9-8-19(26)16-22(20)31-25/h4-9,12,15-16H,3,10-11,13-14H2,1-2H3. The highest BCUT2D eigenvalue weighted by Crippen LogP contribution is 2.45. The van der Waals surface area contributed by atoms with Crippen LogP contribution in [0.3, 0.4) is 0 Å². The smallest absolute Gasteiger partial charge is 0.253 e. The lowest BCUT2D eigenvalue weighted by Gasteiger charge is -2.45. The van der Waals surface area contributed by atoms with Crippen LogP contribution < -0.4 is 9.47 Å². The van der Waals surface area contributed by atoms with Gasteiger partial charge < -0.3 is 18.9 Å². The largest absolute Gasteiger partial charge is 0.496 e. The van der Waals surface area contributed by atoms with Gasteiger partial charge in [0, 0.05) is 48.8 Å². The van der Waals surface area contributed by atoms with Gasteiger partial charge in [0.1, 0.15) is 11.5 Å². The van der Waals surface area contributed by atoms with E-state index in [-0.39, 0.29) is 5.91 Å². The van der Waals surface area contributed by atoms with Crippen LogP contribution in [0, 0.1) is 0 Å². The van der Waals surface area contributed by atoms with Crippen LogP contribution in [0.25, 0.3) is 5.69 Å². The highest BCUT2D eigenvalue weighted by molar-refractivity contribution is 6.30. The number of hydrogen-bond acceptors (Lipinski definition) is 3. The minimum atomic E-state index is -0.457. The molecule has 2 aliphatic heterocycles. The van der Waals surface area contributed by atoms with Crippen molar-refractivity contribution in [2.45, 2.75) is 31.8 Å². The molecule has 31 heavy (non-hydrogen) atoms. The second kappa shape index (κ2) is 7.65. The summed E-state index contributed by atoms with van der Waals surface area (Å²) in [5, 5.41) is 0.654. The number of aryl methyl sites for hydroxylation is 1. The first-order valence-corrected chi connectivity index (χ1v) is 11.1. The van der Waals surface area contributed by atoms with Gasteiger partial charge in [-0.1, -0.05) is 24.6 Å². The molecule has 1 spiro atoms. The van der Waals surface area contributed by atoms with E-state index in [1.54, 1.807) is 7.11 Å². The average Bonchev–Trinajstić information content (AvgIpc) is 3.30. The first kappa shape index (κ1) is 20.0. The molecule has 2 aromatic carbocycles. The van der Waals surface area contributed by atoms with Crippen LogP contribution in [-0.2, 0) is 12.0 Å². The number of carbonyl (C=O) groups excluding carboxylic acids is 1. The molecule has 6 heteroatoms. The first-order valence-electron chi connectivity index (χ1n) is 10.7. The number of amides is 1. The Morgan fingerprint density at radius 2 is 1.97 bits per heavy atom. The summed E-state index contributed by atoms with van der Waals surface area (Å²) in [4.78, 5) is 15.1. The van der Waals surface area contributed by atoms with Gasteiger partial charge in [0.2, 0.25) is 0 Å². The van der Waals surface area contributed by atoms with Crippen LogP contribution in [0.4, 0.5) is 0 Å². The van der Waals surface area contributed by atoms with Crippen LogP contribution in [0.5, 0.6) is 11.5 Å². The van der Waals surface area contributed by atoms with Gasteiger partial charge in [-0.05, 0) is 48.4 Å². The van der Waals surface area contributed by atoms with E-state index in [1.807, 2.05) is 47.4 Å². The number of likely N-dealkylation sites (tertiary alicyclic amines) is 1. The number of piperidine rings is 1. The quantitative estimate of drug-likeness (QED) is 0.565. The molecule has 1 aromatic heterocycles. The normalized spacial score (nSPS) is 16.4. The molecule has 0 saturated carbocycles. The Kier molecular flexibility index (Phi) is 4.94. The van der Waals surface area contributed by atoms with Crippen LogP contribution in [0.2, 0.25) is 5.02 Å². The van der Waals surface area contributed by atoms with Gasteiger partial charge in [-0.2, -0.15) is 0 Å². The van der Waals surface area contributed by atoms with Crippen molar-refractivity contribution < 1.29 is 14.3 Å². The Labute approximate surface area is 187 Å². The molecule has 2 aliphatic rings. The summed E-state index contributed by atoms with van der Waals surface area (Å²) in [6.07, 6.45) is 4.37. The second-order valence-electron chi connectivity index (χ2n) is 8.14. The van der Waals surface area contributed by atoms with E-state index in [0.717, 1.165) is 47.7 Å². The summed E-state index contributed by atoms with van der Waals surface area (Å²) in [7, 11) is 1.65. The van der Waals surface area contributed by atoms with Gasteiger partial charge in [-0.3, -0.25) is 4.79 Å². The molecule has 1 fully saturated rings. The lowest BCUT2D eigenvalue weighted by atomic mass is 9.86. The van der Waals surface area contributed by atoms with Gasteiger partial charge in [-0.25, -0.2) is 0 Å². The zero-order valence-electron chi connectivity index (χ0n) is 17.7. The molecule has 3 heterocycles. The molecule has 1 saturated heterocycles. The number of benzene rings is 2. The topological polar surface area (TPSA) is 43.7 Å². The van der Waals surface area contributed by atoms with E-state index >= 15 is 0 Å². The zero-order chi connectivity index (χ0) is 21.6. The molecule has 0 aliphatic carbocycles. The number of aromatic nitrogens is 1. The highest BCUT2D eigenvalue weighted by atomic mass is 35.5. The molecule has 160 valence electrons. The number of methoxy groups -OCH3 is 1. The van der Waals surface area contributed by atoms with Crippen molar-refractivity contribution in [3.05, 3.63) is 76.6 Å². The molecule has 0 radical (unpaired) electrons. The minimum Gasteiger partial charge on any atom is -0.496 e. The fraction of sp³-hybridized carbons (Fsp3) is 0.320. The van der Waals surface area contributed by atoms with Crippen LogP contribution >= 0.6 is 11.6 Å². The molecule has 0 N–H and O–H groups in total. The number of rotatable bonds is 3. The fourth-order valence-corrected chi connectivity index (χ4v) is 4.94. The second-order valence-corrected chi connectivity index (χ2v) is 8.58. The Bertz CT molecular complexity index is 1150. The van der Waals surface area contributed by atoms with E-state index in [0.29, 0.717) is 23.7 Å². The van der Waals surface area contributed by atoms with Crippen molar-refractivity contribution in [1.29, 1.82) is 0 Å². The summed E-state index contributed by atoms with van der Waals surface area (Å²) < 4.78 is 14.2. The summed E-state index contributed by atoms with van der Waals surface area (Å²) in [5.74, 6) is 1.59. The summed E-state index contributed by atoms with van der Waals surface area (Å²) in [5.41, 5.74) is 3.43. The first-order chi connectivity index (χ1) is 15.0. The average molecular weight is 437 g/mol. The van der Waals surface area contributed by atoms with E-state index in [2.05, 4.69) is 23.8 Å². The third-order valence-corrected chi connectivity index (χ3v) is 6.71. The predicted octanol–water partition coefficient (Wildman–Crippen LogP) is 5.23. The van der Waals surface area contributed by atoms with Crippen molar-refractivity contribution in [2.75, 3.05) is 20.2 Å². The number of nitrogens with zero attached hydrogens (tertiary/aromatic N) is 2. The molecular weight excluding hydrogens is 412 g/mol. The maximum absolute atomic E-state index is 13.2.